The summed E-state index contributed by atoms with van der Waals surface area (Å²) in [5, 5.41) is 11.2. The van der Waals surface area contributed by atoms with Crippen molar-refractivity contribution >= 4 is 33.1 Å². The zero-order valence-electron chi connectivity index (χ0n) is 17.0. The molecule has 1 heterocycles. The average Bonchev–Trinajstić information content (AvgIpc) is 3.04. The summed E-state index contributed by atoms with van der Waals surface area (Å²) in [5.74, 6) is 0.291. The van der Waals surface area contributed by atoms with Crippen molar-refractivity contribution in [3.63, 3.8) is 0 Å². The molecular weight excluding hydrogens is 406 g/mol. The van der Waals surface area contributed by atoms with Crippen LogP contribution >= 0.6 is 11.3 Å². The third-order valence-corrected chi connectivity index (χ3v) is 5.27. The van der Waals surface area contributed by atoms with Crippen LogP contribution in [0.4, 0.5) is 5.69 Å². The Morgan fingerprint density at radius 2 is 1.97 bits per heavy atom. The quantitative estimate of drug-likeness (QED) is 0.304. The number of non-ortho nitro benzene ring substituents is 1. The Balaban J connectivity index is 1.99. The number of thiazole rings is 1. The van der Waals surface area contributed by atoms with Gasteiger partial charge in [0.25, 0.3) is 11.6 Å². The second-order valence-corrected chi connectivity index (χ2v) is 7.76. The maximum absolute atomic E-state index is 12.7. The van der Waals surface area contributed by atoms with E-state index >= 15 is 0 Å². The lowest BCUT2D eigenvalue weighted by Crippen LogP contribution is -2.19. The molecule has 3 rings (SSSR count). The predicted molar refractivity (Wildman–Crippen MR) is 115 cm³/mol. The normalized spacial score (nSPS) is 11.9. The summed E-state index contributed by atoms with van der Waals surface area (Å²) in [6, 6.07) is 11.4. The van der Waals surface area contributed by atoms with Crippen LogP contribution in [-0.4, -0.2) is 34.7 Å². The largest absolute Gasteiger partial charge is 0.491 e. The molecule has 0 fully saturated rings. The molecule has 0 aliphatic carbocycles. The third kappa shape index (κ3) is 5.11. The summed E-state index contributed by atoms with van der Waals surface area (Å²) < 4.78 is 13.6. The first kappa shape index (κ1) is 21.7. The molecule has 0 saturated carbocycles. The second kappa shape index (κ2) is 9.64. The lowest BCUT2D eigenvalue weighted by atomic mass is 10.2. The number of hydrogen-bond donors (Lipinski definition) is 0. The smallest absolute Gasteiger partial charge is 0.279 e. The molecule has 8 nitrogen and oxygen atoms in total. The molecule has 0 saturated heterocycles. The number of nitro groups is 1. The van der Waals surface area contributed by atoms with Gasteiger partial charge in [-0.3, -0.25) is 14.9 Å². The Hall–Kier alpha value is -3.04. The van der Waals surface area contributed by atoms with Gasteiger partial charge in [-0.05, 0) is 51.1 Å². The number of ether oxygens (including phenoxy) is 2. The minimum absolute atomic E-state index is 0.0101. The number of rotatable bonds is 8. The maximum Gasteiger partial charge on any atom is 0.279 e. The summed E-state index contributed by atoms with van der Waals surface area (Å²) >= 11 is 1.31. The van der Waals surface area contributed by atoms with E-state index in [1.807, 2.05) is 20.8 Å². The Bertz CT molecular complexity index is 1120. The van der Waals surface area contributed by atoms with E-state index in [0.29, 0.717) is 41.4 Å². The van der Waals surface area contributed by atoms with Gasteiger partial charge in [-0.1, -0.05) is 11.3 Å². The first-order valence-corrected chi connectivity index (χ1v) is 10.4. The highest BCUT2D eigenvalue weighted by Crippen LogP contribution is 2.23. The molecule has 0 radical (unpaired) electrons. The number of nitrogens with zero attached hydrogens (tertiary/aromatic N) is 3. The van der Waals surface area contributed by atoms with Gasteiger partial charge in [0, 0.05) is 30.8 Å². The fourth-order valence-corrected chi connectivity index (χ4v) is 3.91. The van der Waals surface area contributed by atoms with Crippen molar-refractivity contribution in [2.75, 3.05) is 13.2 Å². The van der Waals surface area contributed by atoms with Crippen LogP contribution in [0.5, 0.6) is 5.75 Å². The van der Waals surface area contributed by atoms with E-state index in [4.69, 9.17) is 9.47 Å². The van der Waals surface area contributed by atoms with Gasteiger partial charge in [0.1, 0.15) is 5.75 Å². The molecule has 0 bridgehead atoms. The average molecular weight is 429 g/mol. The van der Waals surface area contributed by atoms with Crippen molar-refractivity contribution in [2.45, 2.75) is 33.4 Å². The van der Waals surface area contributed by atoms with Crippen molar-refractivity contribution in [1.82, 2.24) is 4.57 Å². The fraction of sp³-hybridized carbons (Fsp3) is 0.333. The number of aromatic nitrogens is 1. The van der Waals surface area contributed by atoms with Crippen molar-refractivity contribution in [3.05, 3.63) is 62.9 Å². The highest BCUT2D eigenvalue weighted by molar-refractivity contribution is 7.16. The van der Waals surface area contributed by atoms with Crippen LogP contribution in [0.1, 0.15) is 31.1 Å². The van der Waals surface area contributed by atoms with Gasteiger partial charge >= 0.3 is 0 Å². The standard InChI is InChI=1S/C21H23N3O5S/c1-4-28-12-11-23-18-13-16(24(26)27)7-10-19(18)30-21(23)22-20(25)15-5-8-17(9-6-15)29-14(2)3/h5-10,13-14H,4,11-12H2,1-3H3. The number of benzene rings is 2. The molecule has 0 N–H and O–H groups in total. The van der Waals surface area contributed by atoms with Gasteiger partial charge in [-0.25, -0.2) is 0 Å². The topological polar surface area (TPSA) is 96.0 Å². The van der Waals surface area contributed by atoms with Gasteiger partial charge < -0.3 is 14.0 Å². The molecule has 0 spiro atoms. The van der Waals surface area contributed by atoms with E-state index in [-0.39, 0.29) is 11.8 Å². The van der Waals surface area contributed by atoms with Crippen LogP contribution in [0.3, 0.4) is 0 Å². The summed E-state index contributed by atoms with van der Waals surface area (Å²) in [6.07, 6.45) is 0.0446. The third-order valence-electron chi connectivity index (χ3n) is 4.21. The van der Waals surface area contributed by atoms with Crippen LogP contribution in [0.15, 0.2) is 47.5 Å². The predicted octanol–water partition coefficient (Wildman–Crippen LogP) is 4.18. The van der Waals surface area contributed by atoms with Gasteiger partial charge in [-0.15, -0.1) is 0 Å². The minimum Gasteiger partial charge on any atom is -0.491 e. The van der Waals surface area contributed by atoms with E-state index in [1.54, 1.807) is 34.9 Å². The monoisotopic (exact) mass is 429 g/mol. The van der Waals surface area contributed by atoms with Crippen LogP contribution in [0.25, 0.3) is 10.2 Å². The fourth-order valence-electron chi connectivity index (χ4n) is 2.87. The van der Waals surface area contributed by atoms with Crippen molar-refractivity contribution in [3.8, 4) is 5.75 Å². The SMILES string of the molecule is CCOCCn1c(=NC(=O)c2ccc(OC(C)C)cc2)sc2ccc([N+](=O)[O-])cc21. The Morgan fingerprint density at radius 3 is 2.60 bits per heavy atom. The van der Waals surface area contributed by atoms with E-state index in [2.05, 4.69) is 4.99 Å². The molecular formula is C21H23N3O5S. The first-order chi connectivity index (χ1) is 14.4. The number of carbonyl (C=O) groups is 1. The Labute approximate surface area is 177 Å². The molecule has 0 aliphatic rings. The number of carbonyl (C=O) groups excluding carboxylic acids is 1. The second-order valence-electron chi connectivity index (χ2n) is 6.75. The van der Waals surface area contributed by atoms with Crippen LogP contribution in [-0.2, 0) is 11.3 Å². The molecule has 3 aromatic rings. The molecule has 158 valence electrons. The summed E-state index contributed by atoms with van der Waals surface area (Å²) in [7, 11) is 0. The van der Waals surface area contributed by atoms with Crippen molar-refractivity contribution in [2.24, 2.45) is 4.99 Å². The molecule has 1 amide bonds. The molecule has 0 aliphatic heterocycles. The number of amides is 1. The molecule has 30 heavy (non-hydrogen) atoms. The zero-order chi connectivity index (χ0) is 21.7. The van der Waals surface area contributed by atoms with Crippen LogP contribution in [0, 0.1) is 10.1 Å². The van der Waals surface area contributed by atoms with E-state index < -0.39 is 10.8 Å². The highest BCUT2D eigenvalue weighted by atomic mass is 32.1. The number of fused-ring (bicyclic) bond motifs is 1. The van der Waals surface area contributed by atoms with Crippen molar-refractivity contribution in [1.29, 1.82) is 0 Å². The summed E-state index contributed by atoms with van der Waals surface area (Å²) in [5.41, 5.74) is 1.08. The molecule has 2 aromatic carbocycles. The zero-order valence-corrected chi connectivity index (χ0v) is 17.8. The first-order valence-electron chi connectivity index (χ1n) is 9.60. The van der Waals surface area contributed by atoms with Crippen LogP contribution < -0.4 is 9.54 Å². The van der Waals surface area contributed by atoms with E-state index in [0.717, 1.165) is 4.70 Å². The van der Waals surface area contributed by atoms with E-state index in [9.17, 15) is 14.9 Å². The van der Waals surface area contributed by atoms with E-state index in [1.165, 1.54) is 23.5 Å². The lowest BCUT2D eigenvalue weighted by molar-refractivity contribution is -0.384. The minimum atomic E-state index is -0.438. The summed E-state index contributed by atoms with van der Waals surface area (Å²) in [4.78, 5) is 28.2. The molecule has 9 heteroatoms. The van der Waals surface area contributed by atoms with Crippen molar-refractivity contribution < 1.29 is 19.2 Å². The number of nitro benzene ring substituents is 1. The molecule has 1 aromatic heterocycles. The maximum atomic E-state index is 12.7. The Kier molecular flexibility index (Phi) is 6.96. The number of hydrogen-bond acceptors (Lipinski definition) is 6. The molecule has 0 atom stereocenters. The summed E-state index contributed by atoms with van der Waals surface area (Å²) in [6.45, 7) is 7.15. The van der Waals surface area contributed by atoms with Gasteiger partial charge in [-0.2, -0.15) is 4.99 Å². The van der Waals surface area contributed by atoms with Crippen LogP contribution in [0.2, 0.25) is 0 Å². The Morgan fingerprint density at radius 1 is 1.23 bits per heavy atom. The molecule has 0 unspecified atom stereocenters. The highest BCUT2D eigenvalue weighted by Gasteiger charge is 2.14. The van der Waals surface area contributed by atoms with Gasteiger partial charge in [0.05, 0.1) is 27.9 Å². The van der Waals surface area contributed by atoms with Gasteiger partial charge in [0.2, 0.25) is 0 Å². The lowest BCUT2D eigenvalue weighted by Gasteiger charge is -2.09. The van der Waals surface area contributed by atoms with Gasteiger partial charge in [0.15, 0.2) is 4.80 Å².